The molecule has 0 radical (unpaired) electrons. The fourth-order valence-corrected chi connectivity index (χ4v) is 7.38. The highest BCUT2D eigenvalue weighted by Crippen LogP contribution is 2.64. The molecule has 156 valence electrons. The molecule has 0 spiro atoms. The van der Waals surface area contributed by atoms with Gasteiger partial charge in [-0.1, -0.05) is 13.8 Å². The molecule has 0 heterocycles. The Morgan fingerprint density at radius 1 is 1.18 bits per heavy atom. The number of carbonyl (C=O) groups excluding carboxylic acids is 3. The van der Waals surface area contributed by atoms with Gasteiger partial charge < -0.3 is 10.5 Å². The van der Waals surface area contributed by atoms with E-state index in [-0.39, 0.29) is 41.3 Å². The summed E-state index contributed by atoms with van der Waals surface area (Å²) in [5.41, 5.74) is 5.49. The molecule has 0 aromatic heterocycles. The van der Waals surface area contributed by atoms with Crippen molar-refractivity contribution in [2.45, 2.75) is 90.7 Å². The molecule has 0 saturated heterocycles. The molecule has 4 saturated carbocycles. The van der Waals surface area contributed by atoms with E-state index in [2.05, 4.69) is 13.8 Å². The number of hydrogen-bond donors (Lipinski definition) is 1. The number of Topliss-reactive ketones (excluding diaryl/α,β-unsaturated/α-hetero) is 2. The van der Waals surface area contributed by atoms with Crippen LogP contribution in [0.25, 0.3) is 0 Å². The van der Waals surface area contributed by atoms with Crippen LogP contribution in [0.2, 0.25) is 0 Å². The van der Waals surface area contributed by atoms with Gasteiger partial charge in [0.05, 0.1) is 6.42 Å². The number of esters is 1. The molecule has 4 rings (SSSR count). The lowest BCUT2D eigenvalue weighted by atomic mass is 9.45. The summed E-state index contributed by atoms with van der Waals surface area (Å²) in [4.78, 5) is 37.8. The van der Waals surface area contributed by atoms with Gasteiger partial charge in [-0.15, -0.1) is 0 Å². The zero-order valence-electron chi connectivity index (χ0n) is 17.5. The largest absolute Gasteiger partial charge is 0.462 e. The Morgan fingerprint density at radius 2 is 1.93 bits per heavy atom. The predicted octanol–water partition coefficient (Wildman–Crippen LogP) is 3.43. The van der Waals surface area contributed by atoms with Gasteiger partial charge in [0.25, 0.3) is 0 Å². The molecular formula is C23H35NO4. The molecule has 2 N–H and O–H groups in total. The van der Waals surface area contributed by atoms with Crippen LogP contribution in [0.5, 0.6) is 0 Å². The van der Waals surface area contributed by atoms with Crippen LogP contribution in [0.15, 0.2) is 0 Å². The van der Waals surface area contributed by atoms with Crippen molar-refractivity contribution in [3.05, 3.63) is 0 Å². The number of carbonyl (C=O) groups is 3. The molecule has 0 aromatic carbocycles. The number of ketones is 2. The van der Waals surface area contributed by atoms with Gasteiger partial charge in [0.1, 0.15) is 17.7 Å². The highest BCUT2D eigenvalue weighted by molar-refractivity contribution is 5.88. The molecule has 28 heavy (non-hydrogen) atoms. The number of ether oxygens (including phenoxy) is 1. The normalized spacial score (nSPS) is 46.4. The van der Waals surface area contributed by atoms with Gasteiger partial charge in [-0.25, -0.2) is 0 Å². The Balaban J connectivity index is 1.51. The van der Waals surface area contributed by atoms with Crippen LogP contribution in [0, 0.1) is 34.5 Å². The molecule has 4 aliphatic rings. The molecule has 5 nitrogen and oxygen atoms in total. The molecule has 3 unspecified atom stereocenters. The Labute approximate surface area is 168 Å². The first-order chi connectivity index (χ1) is 13.1. The third kappa shape index (κ3) is 3.05. The maximum absolute atomic E-state index is 13.2. The quantitative estimate of drug-likeness (QED) is 0.747. The van der Waals surface area contributed by atoms with Crippen LogP contribution in [0.3, 0.4) is 0 Å². The van der Waals surface area contributed by atoms with Gasteiger partial charge in [-0.3, -0.25) is 14.4 Å². The number of rotatable bonds is 3. The first kappa shape index (κ1) is 20.1. The number of fused-ring (bicyclic) bond motifs is 5. The maximum Gasteiger partial charge on any atom is 0.307 e. The van der Waals surface area contributed by atoms with Gasteiger partial charge in [-0.2, -0.15) is 0 Å². The van der Waals surface area contributed by atoms with Crippen LogP contribution in [0.1, 0.15) is 78.6 Å². The van der Waals surface area contributed by atoms with Gasteiger partial charge in [0.15, 0.2) is 0 Å². The summed E-state index contributed by atoms with van der Waals surface area (Å²) in [5, 5.41) is 0. The van der Waals surface area contributed by atoms with E-state index in [4.69, 9.17) is 10.5 Å². The van der Waals surface area contributed by atoms with E-state index in [1.165, 1.54) is 0 Å². The second kappa shape index (κ2) is 6.93. The molecule has 0 aliphatic heterocycles. The summed E-state index contributed by atoms with van der Waals surface area (Å²) in [6.07, 6.45) is 6.77. The van der Waals surface area contributed by atoms with Gasteiger partial charge in [0, 0.05) is 30.2 Å². The van der Waals surface area contributed by atoms with E-state index < -0.39 is 0 Å². The monoisotopic (exact) mass is 389 g/mol. The average Bonchev–Trinajstić information content (AvgIpc) is 2.91. The molecule has 0 amide bonds. The fraction of sp³-hybridized carbons (Fsp3) is 0.870. The summed E-state index contributed by atoms with van der Waals surface area (Å²) in [7, 11) is 0. The van der Waals surface area contributed by atoms with Gasteiger partial charge in [0.2, 0.25) is 0 Å². The lowest BCUT2D eigenvalue weighted by molar-refractivity contribution is -0.170. The lowest BCUT2D eigenvalue weighted by Crippen LogP contribution is -2.57. The minimum atomic E-state index is -0.248. The van der Waals surface area contributed by atoms with Crippen LogP contribution >= 0.6 is 0 Å². The second-order valence-corrected chi connectivity index (χ2v) is 10.6. The molecule has 8 atom stereocenters. The van der Waals surface area contributed by atoms with Crippen LogP contribution in [-0.2, 0) is 19.1 Å². The van der Waals surface area contributed by atoms with Crippen molar-refractivity contribution < 1.29 is 19.1 Å². The van der Waals surface area contributed by atoms with Crippen molar-refractivity contribution >= 4 is 17.5 Å². The van der Waals surface area contributed by atoms with E-state index in [1.54, 1.807) is 6.92 Å². The summed E-state index contributed by atoms with van der Waals surface area (Å²) < 4.78 is 5.66. The average molecular weight is 390 g/mol. The zero-order chi connectivity index (χ0) is 20.3. The summed E-state index contributed by atoms with van der Waals surface area (Å²) in [5.74, 6) is 1.73. The van der Waals surface area contributed by atoms with E-state index in [0.29, 0.717) is 48.6 Å². The third-order valence-corrected chi connectivity index (χ3v) is 8.91. The molecular weight excluding hydrogens is 354 g/mol. The van der Waals surface area contributed by atoms with Crippen molar-refractivity contribution in [1.29, 1.82) is 0 Å². The van der Waals surface area contributed by atoms with Crippen LogP contribution in [-0.4, -0.2) is 29.7 Å². The second-order valence-electron chi connectivity index (χ2n) is 10.6. The summed E-state index contributed by atoms with van der Waals surface area (Å²) in [6.45, 7) is 6.25. The van der Waals surface area contributed by atoms with Crippen LogP contribution in [0.4, 0.5) is 0 Å². The maximum atomic E-state index is 13.2. The SMILES string of the molecule is CC(N)CC(=O)OC1CC[C@@]2(C)C(C1)C(=O)C[C@@H]1[C@H]2CC[C@]2(C)C(=O)CC[C@@H]12. The highest BCUT2D eigenvalue weighted by atomic mass is 16.5. The van der Waals surface area contributed by atoms with Crippen molar-refractivity contribution in [1.82, 2.24) is 0 Å². The minimum Gasteiger partial charge on any atom is -0.462 e. The molecule has 5 heteroatoms. The highest BCUT2D eigenvalue weighted by Gasteiger charge is 2.62. The van der Waals surface area contributed by atoms with Crippen molar-refractivity contribution in [2.24, 2.45) is 40.2 Å². The van der Waals surface area contributed by atoms with Crippen molar-refractivity contribution in [2.75, 3.05) is 0 Å². The van der Waals surface area contributed by atoms with E-state index >= 15 is 0 Å². The molecule has 0 aromatic rings. The summed E-state index contributed by atoms with van der Waals surface area (Å²) >= 11 is 0. The van der Waals surface area contributed by atoms with Gasteiger partial charge in [-0.05, 0) is 68.6 Å². The van der Waals surface area contributed by atoms with E-state index in [9.17, 15) is 14.4 Å². The standard InChI is InChI=1S/C23H35NO4/c1-13(24)10-21(27)28-14-6-8-22(2)17-7-9-23(3)16(4-5-20(23)26)15(17)12-19(25)18(22)11-14/h13-18H,4-12,24H2,1-3H3/t13?,14?,15-,16-,17+,18?,22+,23-/m0/s1. The zero-order valence-corrected chi connectivity index (χ0v) is 17.5. The Bertz CT molecular complexity index is 688. The van der Waals surface area contributed by atoms with E-state index in [0.717, 1.165) is 32.1 Å². The molecule has 0 bridgehead atoms. The van der Waals surface area contributed by atoms with Gasteiger partial charge >= 0.3 is 5.97 Å². The number of hydrogen-bond acceptors (Lipinski definition) is 5. The van der Waals surface area contributed by atoms with Crippen molar-refractivity contribution in [3.63, 3.8) is 0 Å². The Morgan fingerprint density at radius 3 is 2.64 bits per heavy atom. The molecule has 4 aliphatic carbocycles. The molecule has 4 fully saturated rings. The van der Waals surface area contributed by atoms with E-state index in [1.807, 2.05) is 0 Å². The third-order valence-electron chi connectivity index (χ3n) is 8.91. The topological polar surface area (TPSA) is 86.5 Å². The summed E-state index contributed by atoms with van der Waals surface area (Å²) in [6, 6.07) is -0.205. The van der Waals surface area contributed by atoms with Crippen molar-refractivity contribution in [3.8, 4) is 0 Å². The minimum absolute atomic E-state index is 0.0166. The van der Waals surface area contributed by atoms with Crippen LogP contribution < -0.4 is 5.73 Å². The Kier molecular flexibility index (Phi) is 4.96. The predicted molar refractivity (Wildman–Crippen MR) is 105 cm³/mol. The number of nitrogens with two attached hydrogens (primary N) is 1. The Hall–Kier alpha value is -1.23. The lowest BCUT2D eigenvalue weighted by Gasteiger charge is -2.59. The first-order valence-electron chi connectivity index (χ1n) is 11.2. The first-order valence-corrected chi connectivity index (χ1v) is 11.2. The fourth-order valence-electron chi connectivity index (χ4n) is 7.38. The smallest absolute Gasteiger partial charge is 0.307 e.